The van der Waals surface area contributed by atoms with Gasteiger partial charge >= 0.3 is 0 Å². The van der Waals surface area contributed by atoms with E-state index in [4.69, 9.17) is 9.47 Å². The molecule has 2 heterocycles. The van der Waals surface area contributed by atoms with Gasteiger partial charge in [-0.1, -0.05) is 13.5 Å². The normalized spacial score (nSPS) is 20.8. The van der Waals surface area contributed by atoms with E-state index in [0.29, 0.717) is 41.9 Å². The molecule has 0 saturated carbocycles. The molecular weight excluding hydrogens is 358 g/mol. The van der Waals surface area contributed by atoms with Crippen molar-refractivity contribution in [3.63, 3.8) is 0 Å². The number of anilines is 2. The van der Waals surface area contributed by atoms with Crippen molar-refractivity contribution in [1.29, 1.82) is 0 Å². The first-order chi connectivity index (χ1) is 13.4. The molecule has 0 bridgehead atoms. The van der Waals surface area contributed by atoms with Crippen molar-refractivity contribution in [2.24, 2.45) is 0 Å². The number of likely N-dealkylation sites (N-methyl/N-ethyl adjacent to an activating group) is 1. The number of aromatic nitrogens is 2. The van der Waals surface area contributed by atoms with Crippen LogP contribution in [0, 0.1) is 0 Å². The summed E-state index contributed by atoms with van der Waals surface area (Å²) in [6, 6.07) is 1.77. The number of hydrogen-bond donors (Lipinski definition) is 3. The van der Waals surface area contributed by atoms with Gasteiger partial charge in [0.1, 0.15) is 23.8 Å². The monoisotopic (exact) mass is 389 g/mol. The van der Waals surface area contributed by atoms with Gasteiger partial charge < -0.3 is 30.1 Å². The van der Waals surface area contributed by atoms with Gasteiger partial charge in [-0.2, -0.15) is 4.98 Å². The second kappa shape index (κ2) is 10.1. The highest BCUT2D eigenvalue weighted by Gasteiger charge is 2.36. The van der Waals surface area contributed by atoms with Gasteiger partial charge in [0.25, 0.3) is 0 Å². The molecular formula is C20H31N5O3. The Morgan fingerprint density at radius 3 is 2.89 bits per heavy atom. The number of β-amino-alcohol motifs (C(OH)–C–C–N with tert-alkyl or cyclic N) is 1. The van der Waals surface area contributed by atoms with Gasteiger partial charge in [-0.25, -0.2) is 4.98 Å². The average Bonchev–Trinajstić information content (AvgIpc) is 3.08. The molecule has 1 aromatic rings. The van der Waals surface area contributed by atoms with Crippen molar-refractivity contribution in [2.45, 2.75) is 25.9 Å². The summed E-state index contributed by atoms with van der Waals surface area (Å²) in [5.41, 5.74) is -0.218. The number of rotatable bonds is 10. The molecule has 8 nitrogen and oxygen atoms in total. The van der Waals surface area contributed by atoms with Crippen LogP contribution >= 0.6 is 0 Å². The van der Waals surface area contributed by atoms with Gasteiger partial charge in [0, 0.05) is 32.0 Å². The van der Waals surface area contributed by atoms with Gasteiger partial charge in [0.15, 0.2) is 5.76 Å². The quantitative estimate of drug-likeness (QED) is 0.415. The van der Waals surface area contributed by atoms with E-state index in [2.05, 4.69) is 39.0 Å². The first kappa shape index (κ1) is 21.7. The highest BCUT2D eigenvalue weighted by Crippen LogP contribution is 2.23. The van der Waals surface area contributed by atoms with Gasteiger partial charge in [-0.3, -0.25) is 0 Å². The minimum Gasteiger partial charge on any atom is -0.493 e. The first-order valence-electron chi connectivity index (χ1n) is 9.36. The van der Waals surface area contributed by atoms with Crippen LogP contribution in [0.15, 0.2) is 48.2 Å². The van der Waals surface area contributed by atoms with Gasteiger partial charge in [0.05, 0.1) is 7.11 Å². The molecule has 1 aliphatic heterocycles. The lowest BCUT2D eigenvalue weighted by molar-refractivity contribution is -0.0198. The zero-order chi connectivity index (χ0) is 20.6. The zero-order valence-electron chi connectivity index (χ0n) is 17.2. The van der Waals surface area contributed by atoms with Crippen molar-refractivity contribution < 1.29 is 14.6 Å². The molecule has 0 spiro atoms. The Bertz CT molecular complexity index is 734. The predicted molar refractivity (Wildman–Crippen MR) is 111 cm³/mol. The molecule has 28 heavy (non-hydrogen) atoms. The first-order valence-corrected chi connectivity index (χ1v) is 9.36. The summed E-state index contributed by atoms with van der Waals surface area (Å²) in [6.07, 6.45) is 5.87. The lowest BCUT2D eigenvalue weighted by Crippen LogP contribution is -2.37. The number of ether oxygens (including phenoxy) is 2. The van der Waals surface area contributed by atoms with E-state index < -0.39 is 5.60 Å². The highest BCUT2D eigenvalue weighted by atomic mass is 16.5. The Balaban J connectivity index is 1.94. The summed E-state index contributed by atoms with van der Waals surface area (Å²) in [4.78, 5) is 10.6. The van der Waals surface area contributed by atoms with Gasteiger partial charge in [-0.05, 0) is 38.1 Å². The summed E-state index contributed by atoms with van der Waals surface area (Å²) < 4.78 is 11.2. The fourth-order valence-corrected chi connectivity index (χ4v) is 2.89. The van der Waals surface area contributed by atoms with Gasteiger partial charge in [0.2, 0.25) is 5.95 Å². The minimum atomic E-state index is -0.819. The van der Waals surface area contributed by atoms with Crippen LogP contribution in [-0.4, -0.2) is 66.0 Å². The van der Waals surface area contributed by atoms with E-state index in [1.165, 1.54) is 0 Å². The summed E-state index contributed by atoms with van der Waals surface area (Å²) in [7, 11) is 3.37. The van der Waals surface area contributed by atoms with E-state index in [1.54, 1.807) is 38.6 Å². The van der Waals surface area contributed by atoms with Crippen molar-refractivity contribution in [1.82, 2.24) is 14.9 Å². The Morgan fingerprint density at radius 1 is 1.46 bits per heavy atom. The number of nitrogens with zero attached hydrogens (tertiary/aromatic N) is 3. The largest absolute Gasteiger partial charge is 0.493 e. The molecule has 1 atom stereocenters. The van der Waals surface area contributed by atoms with Crippen LogP contribution in [0.2, 0.25) is 0 Å². The smallest absolute Gasteiger partial charge is 0.229 e. The number of allylic oxidation sites excluding steroid dienone is 3. The summed E-state index contributed by atoms with van der Waals surface area (Å²) in [6.45, 7) is 10.5. The number of nitrogens with one attached hydrogen (secondary N) is 2. The van der Waals surface area contributed by atoms with Crippen molar-refractivity contribution in [3.8, 4) is 0 Å². The number of aliphatic hydroxyl groups is 1. The third-order valence-electron chi connectivity index (χ3n) is 4.60. The maximum Gasteiger partial charge on any atom is 0.229 e. The summed E-state index contributed by atoms with van der Waals surface area (Å²) in [5.74, 6) is 2.31. The van der Waals surface area contributed by atoms with Crippen LogP contribution in [0.5, 0.6) is 0 Å². The fraction of sp³-hybridized carbons (Fsp3) is 0.500. The molecule has 0 aliphatic carbocycles. The number of hydrogen-bond acceptors (Lipinski definition) is 8. The van der Waals surface area contributed by atoms with Crippen LogP contribution in [-0.2, 0) is 9.47 Å². The van der Waals surface area contributed by atoms with Crippen LogP contribution < -0.4 is 10.6 Å². The lowest BCUT2D eigenvalue weighted by atomic mass is 10.1. The number of methoxy groups -OCH3 is 1. The topological polar surface area (TPSA) is 91.8 Å². The van der Waals surface area contributed by atoms with E-state index >= 15 is 0 Å². The minimum absolute atomic E-state index is 0.236. The molecule has 3 N–H and O–H groups in total. The molecule has 1 fully saturated rings. The predicted octanol–water partition coefficient (Wildman–Crippen LogP) is 2.35. The van der Waals surface area contributed by atoms with Crippen LogP contribution in [0.4, 0.5) is 11.8 Å². The van der Waals surface area contributed by atoms with E-state index in [1.807, 2.05) is 6.92 Å². The molecule has 154 valence electrons. The summed E-state index contributed by atoms with van der Waals surface area (Å²) in [5, 5.41) is 16.6. The third-order valence-corrected chi connectivity index (χ3v) is 4.60. The summed E-state index contributed by atoms with van der Waals surface area (Å²) >= 11 is 0. The zero-order valence-corrected chi connectivity index (χ0v) is 17.2. The number of likely N-dealkylation sites (tertiary alicyclic amines) is 1. The molecule has 0 aromatic carbocycles. The van der Waals surface area contributed by atoms with Crippen LogP contribution in [0.1, 0.15) is 20.3 Å². The molecule has 0 unspecified atom stereocenters. The van der Waals surface area contributed by atoms with Gasteiger partial charge in [-0.15, -0.1) is 0 Å². The molecule has 1 aromatic heterocycles. The molecule has 2 rings (SSSR count). The third kappa shape index (κ3) is 6.24. The molecule has 0 radical (unpaired) electrons. The van der Waals surface area contributed by atoms with Crippen molar-refractivity contribution in [3.05, 3.63) is 48.2 Å². The molecule has 1 aliphatic rings. The molecule has 0 amide bonds. The average molecular weight is 390 g/mol. The fourth-order valence-electron chi connectivity index (χ4n) is 2.89. The van der Waals surface area contributed by atoms with E-state index in [0.717, 1.165) is 13.1 Å². The van der Waals surface area contributed by atoms with E-state index in [-0.39, 0.29) is 6.61 Å². The Kier molecular flexibility index (Phi) is 7.83. The molecule has 1 saturated heterocycles. The maximum atomic E-state index is 10.6. The SMILES string of the molecule is C=C(/C=C\C(OC)=C(/C)OC[C@]1(O)CCN(CC)C1)Nc1nccc(NC)n1. The lowest BCUT2D eigenvalue weighted by Gasteiger charge is -2.23. The second-order valence-electron chi connectivity index (χ2n) is 6.76. The standard InChI is InChI=1S/C20H31N5O3/c1-6-25-12-10-20(26,13-25)14-28-16(3)17(27-5)8-7-15(2)23-19-22-11-9-18(21-4)24-19/h7-9,11,26H,2,6,10,12-14H2,1,3-5H3,(H2,21,22,23,24)/b8-7-,17-16-/t20-/m0/s1. The van der Waals surface area contributed by atoms with Crippen molar-refractivity contribution in [2.75, 3.05) is 51.0 Å². The second-order valence-corrected chi connectivity index (χ2v) is 6.76. The van der Waals surface area contributed by atoms with Crippen LogP contribution in [0.25, 0.3) is 0 Å². The molecule has 8 heteroatoms. The van der Waals surface area contributed by atoms with E-state index in [9.17, 15) is 5.11 Å². The maximum absolute atomic E-state index is 10.6. The van der Waals surface area contributed by atoms with Crippen LogP contribution in [0.3, 0.4) is 0 Å². The Hall–Kier alpha value is -2.58. The van der Waals surface area contributed by atoms with Crippen molar-refractivity contribution >= 4 is 11.8 Å². The Labute approximate surface area is 167 Å². The Morgan fingerprint density at radius 2 is 2.25 bits per heavy atom. The highest BCUT2D eigenvalue weighted by molar-refractivity contribution is 5.44.